The molecule has 2 nitrogen and oxygen atoms in total. The molecule has 0 radical (unpaired) electrons. The third-order valence-corrected chi connectivity index (χ3v) is 3.35. The summed E-state index contributed by atoms with van der Waals surface area (Å²) in [5.41, 5.74) is 3.98. The molecule has 0 saturated carbocycles. The molecule has 0 unspecified atom stereocenters. The SMILES string of the molecule is Cc1cccc(C)c1COc1ccc(Cl)cc1C=O. The summed E-state index contributed by atoms with van der Waals surface area (Å²) in [5, 5.41) is 0.529. The number of carbonyl (C=O) groups excluding carboxylic acids is 1. The molecular weight excluding hydrogens is 260 g/mol. The molecule has 0 fully saturated rings. The van der Waals surface area contributed by atoms with E-state index in [1.54, 1.807) is 18.2 Å². The molecule has 2 rings (SSSR count). The highest BCUT2D eigenvalue weighted by molar-refractivity contribution is 6.30. The zero-order valence-electron chi connectivity index (χ0n) is 10.9. The van der Waals surface area contributed by atoms with Crippen molar-refractivity contribution in [2.75, 3.05) is 0 Å². The van der Waals surface area contributed by atoms with Gasteiger partial charge in [0.1, 0.15) is 12.4 Å². The molecule has 0 heterocycles. The van der Waals surface area contributed by atoms with Crippen LogP contribution in [0.1, 0.15) is 27.0 Å². The second-order valence-electron chi connectivity index (χ2n) is 4.46. The van der Waals surface area contributed by atoms with Crippen LogP contribution in [0.15, 0.2) is 36.4 Å². The zero-order valence-corrected chi connectivity index (χ0v) is 11.7. The molecule has 0 bridgehead atoms. The lowest BCUT2D eigenvalue weighted by molar-refractivity contribution is 0.111. The van der Waals surface area contributed by atoms with Crippen molar-refractivity contribution in [3.8, 4) is 5.75 Å². The third-order valence-electron chi connectivity index (χ3n) is 3.12. The van der Waals surface area contributed by atoms with Crippen molar-refractivity contribution >= 4 is 17.9 Å². The molecule has 0 aliphatic rings. The standard InChI is InChI=1S/C16H15ClO2/c1-11-4-3-5-12(2)15(11)10-19-16-7-6-14(17)8-13(16)9-18/h3-9H,10H2,1-2H3. The quantitative estimate of drug-likeness (QED) is 0.775. The van der Waals surface area contributed by atoms with E-state index in [4.69, 9.17) is 16.3 Å². The number of halogens is 1. The first-order valence-electron chi connectivity index (χ1n) is 6.04. The fraction of sp³-hybridized carbons (Fsp3) is 0.188. The molecule has 3 heteroatoms. The van der Waals surface area contributed by atoms with Crippen LogP contribution in [0, 0.1) is 13.8 Å². The van der Waals surface area contributed by atoms with Gasteiger partial charge in [-0.25, -0.2) is 0 Å². The number of aryl methyl sites for hydroxylation is 2. The normalized spacial score (nSPS) is 10.3. The Hall–Kier alpha value is -1.80. The van der Waals surface area contributed by atoms with Crippen LogP contribution in [-0.4, -0.2) is 6.29 Å². The van der Waals surface area contributed by atoms with E-state index in [1.165, 1.54) is 11.1 Å². The average molecular weight is 275 g/mol. The van der Waals surface area contributed by atoms with E-state index in [2.05, 4.69) is 0 Å². The lowest BCUT2D eigenvalue weighted by Gasteiger charge is -2.12. The smallest absolute Gasteiger partial charge is 0.153 e. The van der Waals surface area contributed by atoms with E-state index >= 15 is 0 Å². The Morgan fingerprint density at radius 2 is 1.84 bits per heavy atom. The van der Waals surface area contributed by atoms with Gasteiger partial charge in [0.2, 0.25) is 0 Å². The lowest BCUT2D eigenvalue weighted by atomic mass is 10.0. The maximum Gasteiger partial charge on any atom is 0.153 e. The van der Waals surface area contributed by atoms with Crippen LogP contribution >= 0.6 is 11.6 Å². The minimum Gasteiger partial charge on any atom is -0.488 e. The largest absolute Gasteiger partial charge is 0.488 e. The van der Waals surface area contributed by atoms with Crippen LogP contribution in [0.3, 0.4) is 0 Å². The number of hydrogen-bond donors (Lipinski definition) is 0. The second kappa shape index (κ2) is 5.89. The first kappa shape index (κ1) is 13.6. The molecule has 2 aromatic carbocycles. The minimum absolute atomic E-state index is 0.445. The Bertz CT molecular complexity index is 585. The summed E-state index contributed by atoms with van der Waals surface area (Å²) in [6, 6.07) is 11.2. The predicted octanol–water partition coefficient (Wildman–Crippen LogP) is 4.35. The van der Waals surface area contributed by atoms with Crippen molar-refractivity contribution < 1.29 is 9.53 Å². The Kier molecular flexibility index (Phi) is 4.23. The minimum atomic E-state index is 0.445. The Balaban J connectivity index is 2.21. The molecule has 2 aromatic rings. The lowest BCUT2D eigenvalue weighted by Crippen LogP contribution is -2.02. The molecule has 0 N–H and O–H groups in total. The highest BCUT2D eigenvalue weighted by atomic mass is 35.5. The Labute approximate surface area is 118 Å². The molecule has 0 spiro atoms. The van der Waals surface area contributed by atoms with E-state index in [-0.39, 0.29) is 0 Å². The molecule has 0 aromatic heterocycles. The van der Waals surface area contributed by atoms with Crippen molar-refractivity contribution in [3.05, 3.63) is 63.7 Å². The van der Waals surface area contributed by atoms with Gasteiger partial charge < -0.3 is 4.74 Å². The van der Waals surface area contributed by atoms with Crippen molar-refractivity contribution in [3.63, 3.8) is 0 Å². The van der Waals surface area contributed by atoms with Crippen molar-refractivity contribution in [1.82, 2.24) is 0 Å². The number of benzene rings is 2. The highest BCUT2D eigenvalue weighted by Gasteiger charge is 2.07. The summed E-state index contributed by atoms with van der Waals surface area (Å²) in [6.45, 7) is 4.54. The summed E-state index contributed by atoms with van der Waals surface area (Å²) < 4.78 is 5.74. The summed E-state index contributed by atoms with van der Waals surface area (Å²) in [5.74, 6) is 0.557. The van der Waals surface area contributed by atoms with E-state index in [0.717, 1.165) is 11.8 Å². The number of ether oxygens (including phenoxy) is 1. The van der Waals surface area contributed by atoms with Gasteiger partial charge in [-0.15, -0.1) is 0 Å². The van der Waals surface area contributed by atoms with Crippen molar-refractivity contribution in [2.45, 2.75) is 20.5 Å². The van der Waals surface area contributed by atoms with E-state index in [9.17, 15) is 4.79 Å². The molecule has 98 valence electrons. The van der Waals surface area contributed by atoms with Crippen molar-refractivity contribution in [2.24, 2.45) is 0 Å². The fourth-order valence-electron chi connectivity index (χ4n) is 1.97. The first-order chi connectivity index (χ1) is 9.11. The molecule has 0 aliphatic carbocycles. The number of hydrogen-bond acceptors (Lipinski definition) is 2. The van der Waals surface area contributed by atoms with Gasteiger partial charge in [-0.1, -0.05) is 29.8 Å². The summed E-state index contributed by atoms with van der Waals surface area (Å²) in [6.07, 6.45) is 0.756. The fourth-order valence-corrected chi connectivity index (χ4v) is 2.15. The van der Waals surface area contributed by atoms with E-state index in [0.29, 0.717) is 22.9 Å². The average Bonchev–Trinajstić information content (AvgIpc) is 2.39. The zero-order chi connectivity index (χ0) is 13.8. The maximum atomic E-state index is 11.0. The van der Waals surface area contributed by atoms with Gasteiger partial charge in [0.15, 0.2) is 6.29 Å². The number of rotatable bonds is 4. The van der Waals surface area contributed by atoms with Crippen LogP contribution in [0.2, 0.25) is 5.02 Å². The first-order valence-corrected chi connectivity index (χ1v) is 6.42. The molecular formula is C16H15ClO2. The van der Waals surface area contributed by atoms with Gasteiger partial charge in [0.05, 0.1) is 5.56 Å². The van der Waals surface area contributed by atoms with Gasteiger partial charge in [-0.05, 0) is 48.7 Å². The maximum absolute atomic E-state index is 11.0. The molecule has 0 saturated heterocycles. The summed E-state index contributed by atoms with van der Waals surface area (Å²) in [4.78, 5) is 11.0. The molecule has 19 heavy (non-hydrogen) atoms. The predicted molar refractivity (Wildman–Crippen MR) is 77.1 cm³/mol. The Morgan fingerprint density at radius 1 is 1.16 bits per heavy atom. The van der Waals surface area contributed by atoms with Crippen LogP contribution in [0.4, 0.5) is 0 Å². The highest BCUT2D eigenvalue weighted by Crippen LogP contribution is 2.23. The van der Waals surface area contributed by atoms with Crippen LogP contribution < -0.4 is 4.74 Å². The molecule has 0 atom stereocenters. The third kappa shape index (κ3) is 3.15. The van der Waals surface area contributed by atoms with Gasteiger partial charge in [0.25, 0.3) is 0 Å². The van der Waals surface area contributed by atoms with Gasteiger partial charge in [-0.2, -0.15) is 0 Å². The topological polar surface area (TPSA) is 26.3 Å². The second-order valence-corrected chi connectivity index (χ2v) is 4.90. The molecule has 0 aliphatic heterocycles. The van der Waals surface area contributed by atoms with Crippen LogP contribution in [-0.2, 0) is 6.61 Å². The number of aldehydes is 1. The van der Waals surface area contributed by atoms with Crippen LogP contribution in [0.5, 0.6) is 5.75 Å². The molecule has 0 amide bonds. The van der Waals surface area contributed by atoms with E-state index in [1.807, 2.05) is 32.0 Å². The summed E-state index contributed by atoms with van der Waals surface area (Å²) in [7, 11) is 0. The van der Waals surface area contributed by atoms with Crippen LogP contribution in [0.25, 0.3) is 0 Å². The Morgan fingerprint density at radius 3 is 2.47 bits per heavy atom. The summed E-state index contributed by atoms with van der Waals surface area (Å²) >= 11 is 5.85. The van der Waals surface area contributed by atoms with Gasteiger partial charge in [0, 0.05) is 5.02 Å². The monoisotopic (exact) mass is 274 g/mol. The van der Waals surface area contributed by atoms with Gasteiger partial charge in [-0.3, -0.25) is 4.79 Å². The number of carbonyl (C=O) groups is 1. The van der Waals surface area contributed by atoms with E-state index < -0.39 is 0 Å². The van der Waals surface area contributed by atoms with Gasteiger partial charge >= 0.3 is 0 Å². The van der Waals surface area contributed by atoms with Crippen molar-refractivity contribution in [1.29, 1.82) is 0 Å².